The van der Waals surface area contributed by atoms with Crippen LogP contribution in [0.3, 0.4) is 0 Å². The lowest BCUT2D eigenvalue weighted by atomic mass is 9.70. The minimum Gasteiger partial charge on any atom is -0.370 e. The smallest absolute Gasteiger partial charge is 0.162 e. The van der Waals surface area contributed by atoms with Crippen molar-refractivity contribution in [3.8, 4) is 0 Å². The highest BCUT2D eigenvalue weighted by molar-refractivity contribution is 5.11. The standard InChI is InChI=1S/C16H26N2O2/c1-15(2)11-5-6-16(15,3)14(7-11)19-10-13-8-12(9-17-4)18-20-13/h8,11,14,17H,5-7,9-10H2,1-4H3. The van der Waals surface area contributed by atoms with Crippen molar-refractivity contribution in [2.45, 2.75) is 59.3 Å². The van der Waals surface area contributed by atoms with Crippen molar-refractivity contribution in [3.63, 3.8) is 0 Å². The molecule has 0 aliphatic heterocycles. The van der Waals surface area contributed by atoms with E-state index in [0.29, 0.717) is 23.5 Å². The van der Waals surface area contributed by atoms with Crippen LogP contribution in [0.4, 0.5) is 0 Å². The van der Waals surface area contributed by atoms with Gasteiger partial charge in [-0.2, -0.15) is 0 Å². The first-order valence-corrected chi connectivity index (χ1v) is 7.68. The molecule has 2 fully saturated rings. The average molecular weight is 278 g/mol. The highest BCUT2D eigenvalue weighted by Crippen LogP contribution is 2.66. The van der Waals surface area contributed by atoms with Gasteiger partial charge in [-0.1, -0.05) is 25.9 Å². The van der Waals surface area contributed by atoms with Crippen molar-refractivity contribution in [1.29, 1.82) is 0 Å². The van der Waals surface area contributed by atoms with Crippen molar-refractivity contribution in [2.75, 3.05) is 7.05 Å². The molecule has 3 atom stereocenters. The van der Waals surface area contributed by atoms with E-state index in [1.807, 2.05) is 13.1 Å². The lowest BCUT2D eigenvalue weighted by molar-refractivity contribution is -0.0607. The molecule has 0 radical (unpaired) electrons. The molecule has 1 N–H and O–H groups in total. The molecular weight excluding hydrogens is 252 g/mol. The Labute approximate surface area is 121 Å². The van der Waals surface area contributed by atoms with Gasteiger partial charge in [-0.05, 0) is 43.1 Å². The molecule has 0 aromatic carbocycles. The Hall–Kier alpha value is -0.870. The van der Waals surface area contributed by atoms with Crippen molar-refractivity contribution in [1.82, 2.24) is 10.5 Å². The number of rotatable bonds is 5. The number of hydrogen-bond acceptors (Lipinski definition) is 4. The number of ether oxygens (including phenoxy) is 1. The molecule has 1 aromatic heterocycles. The average Bonchev–Trinajstić information content (AvgIpc) is 2.98. The zero-order chi connectivity index (χ0) is 14.4. The third kappa shape index (κ3) is 2.01. The van der Waals surface area contributed by atoms with Gasteiger partial charge >= 0.3 is 0 Å². The van der Waals surface area contributed by atoms with Gasteiger partial charge in [0.1, 0.15) is 6.61 Å². The molecule has 4 nitrogen and oxygen atoms in total. The summed E-state index contributed by atoms with van der Waals surface area (Å²) >= 11 is 0. The highest BCUT2D eigenvalue weighted by Gasteiger charge is 2.61. The zero-order valence-electron chi connectivity index (χ0n) is 13.0. The molecule has 112 valence electrons. The molecule has 0 spiro atoms. The molecule has 2 saturated carbocycles. The van der Waals surface area contributed by atoms with Crippen LogP contribution in [0.2, 0.25) is 0 Å². The zero-order valence-corrected chi connectivity index (χ0v) is 13.0. The summed E-state index contributed by atoms with van der Waals surface area (Å²) in [5.41, 5.74) is 1.65. The van der Waals surface area contributed by atoms with Gasteiger partial charge in [0.25, 0.3) is 0 Å². The van der Waals surface area contributed by atoms with E-state index in [1.165, 1.54) is 19.3 Å². The summed E-state index contributed by atoms with van der Waals surface area (Å²) in [4.78, 5) is 0. The van der Waals surface area contributed by atoms with Crippen molar-refractivity contribution in [3.05, 3.63) is 17.5 Å². The van der Waals surface area contributed by atoms with Gasteiger partial charge in [0.2, 0.25) is 0 Å². The summed E-state index contributed by atoms with van der Waals surface area (Å²) in [7, 11) is 1.91. The third-order valence-corrected chi connectivity index (χ3v) is 6.11. The predicted molar refractivity (Wildman–Crippen MR) is 77.1 cm³/mol. The van der Waals surface area contributed by atoms with Crippen LogP contribution in [0, 0.1) is 16.7 Å². The second kappa shape index (κ2) is 4.85. The molecule has 3 unspecified atom stereocenters. The van der Waals surface area contributed by atoms with Crippen LogP contribution in [0.5, 0.6) is 0 Å². The number of fused-ring (bicyclic) bond motifs is 2. The molecule has 2 aliphatic rings. The van der Waals surface area contributed by atoms with Gasteiger partial charge in [-0.3, -0.25) is 0 Å². The minimum absolute atomic E-state index is 0.311. The maximum absolute atomic E-state index is 6.20. The van der Waals surface area contributed by atoms with Crippen LogP contribution < -0.4 is 5.32 Å². The quantitative estimate of drug-likeness (QED) is 0.899. The van der Waals surface area contributed by atoms with Gasteiger partial charge in [-0.25, -0.2) is 0 Å². The second-order valence-corrected chi connectivity index (χ2v) is 7.22. The van der Waals surface area contributed by atoms with Gasteiger partial charge in [-0.15, -0.1) is 0 Å². The molecular formula is C16H26N2O2. The fourth-order valence-electron chi connectivity index (χ4n) is 4.25. The van der Waals surface area contributed by atoms with Crippen LogP contribution in [0.25, 0.3) is 0 Å². The van der Waals surface area contributed by atoms with Crippen LogP contribution in [-0.4, -0.2) is 18.3 Å². The fraction of sp³-hybridized carbons (Fsp3) is 0.812. The summed E-state index contributed by atoms with van der Waals surface area (Å²) in [6.07, 6.45) is 4.20. The molecule has 0 amide bonds. The summed E-state index contributed by atoms with van der Waals surface area (Å²) in [6.45, 7) is 8.50. The number of nitrogens with zero attached hydrogens (tertiary/aromatic N) is 1. The third-order valence-electron chi connectivity index (χ3n) is 6.11. The summed E-state index contributed by atoms with van der Waals surface area (Å²) < 4.78 is 11.5. The SMILES string of the molecule is CNCc1cc(COC2CC3CCC2(C)C3(C)C)on1. The van der Waals surface area contributed by atoms with Crippen molar-refractivity contribution >= 4 is 0 Å². The van der Waals surface area contributed by atoms with Gasteiger partial charge < -0.3 is 14.6 Å². The van der Waals surface area contributed by atoms with E-state index < -0.39 is 0 Å². The summed E-state index contributed by atoms with van der Waals surface area (Å²) in [6, 6.07) is 1.98. The highest BCUT2D eigenvalue weighted by atomic mass is 16.5. The first kappa shape index (κ1) is 14.1. The second-order valence-electron chi connectivity index (χ2n) is 7.22. The van der Waals surface area contributed by atoms with E-state index in [0.717, 1.165) is 23.9 Å². The molecule has 3 rings (SSSR count). The maximum Gasteiger partial charge on any atom is 0.162 e. The molecule has 4 heteroatoms. The Morgan fingerprint density at radius 1 is 1.45 bits per heavy atom. The Balaban J connectivity index is 1.62. The maximum atomic E-state index is 6.20. The number of aromatic nitrogens is 1. The van der Waals surface area contributed by atoms with Crippen molar-refractivity contribution in [2.24, 2.45) is 16.7 Å². The first-order chi connectivity index (χ1) is 9.47. The van der Waals surface area contributed by atoms with Crippen LogP contribution in [-0.2, 0) is 17.9 Å². The van der Waals surface area contributed by atoms with Crippen molar-refractivity contribution < 1.29 is 9.26 Å². The largest absolute Gasteiger partial charge is 0.370 e. The Kier molecular flexibility index (Phi) is 3.41. The fourth-order valence-corrected chi connectivity index (χ4v) is 4.25. The predicted octanol–water partition coefficient (Wildman–Crippen LogP) is 3.13. The molecule has 0 saturated heterocycles. The molecule has 2 bridgehead atoms. The van der Waals surface area contributed by atoms with Gasteiger partial charge in [0.15, 0.2) is 5.76 Å². The molecule has 1 heterocycles. The van der Waals surface area contributed by atoms with E-state index in [9.17, 15) is 0 Å². The lowest BCUT2D eigenvalue weighted by Crippen LogP contribution is -2.37. The van der Waals surface area contributed by atoms with Gasteiger partial charge in [0, 0.05) is 12.6 Å². The molecule has 1 aromatic rings. The topological polar surface area (TPSA) is 47.3 Å². The number of hydrogen-bond donors (Lipinski definition) is 1. The van der Waals surface area contributed by atoms with E-state index in [-0.39, 0.29) is 0 Å². The van der Waals surface area contributed by atoms with E-state index in [2.05, 4.69) is 31.2 Å². The Bertz CT molecular complexity index is 483. The normalized spacial score (nSPS) is 34.8. The number of nitrogens with one attached hydrogen (secondary N) is 1. The van der Waals surface area contributed by atoms with Crippen LogP contribution in [0.15, 0.2) is 10.6 Å². The lowest BCUT2D eigenvalue weighted by Gasteiger charge is -2.38. The summed E-state index contributed by atoms with van der Waals surface area (Å²) in [5.74, 6) is 1.64. The van der Waals surface area contributed by atoms with Gasteiger partial charge in [0.05, 0.1) is 11.8 Å². The van der Waals surface area contributed by atoms with Crippen LogP contribution >= 0.6 is 0 Å². The van der Waals surface area contributed by atoms with E-state index in [4.69, 9.17) is 9.26 Å². The Morgan fingerprint density at radius 3 is 2.85 bits per heavy atom. The minimum atomic E-state index is 0.311. The van der Waals surface area contributed by atoms with E-state index in [1.54, 1.807) is 0 Å². The monoisotopic (exact) mass is 278 g/mol. The van der Waals surface area contributed by atoms with E-state index >= 15 is 0 Å². The first-order valence-electron chi connectivity index (χ1n) is 7.68. The summed E-state index contributed by atoms with van der Waals surface area (Å²) in [5, 5.41) is 7.10. The molecule has 2 aliphatic carbocycles. The molecule has 20 heavy (non-hydrogen) atoms. The Morgan fingerprint density at radius 2 is 2.25 bits per heavy atom. The van der Waals surface area contributed by atoms with Crippen LogP contribution in [0.1, 0.15) is 51.5 Å².